The first kappa shape index (κ1) is 14.1. The molecule has 0 amide bonds. The molecule has 0 aliphatic carbocycles. The van der Waals surface area contributed by atoms with E-state index < -0.39 is 0 Å². The second kappa shape index (κ2) is 5.38. The summed E-state index contributed by atoms with van der Waals surface area (Å²) in [7, 11) is 0. The van der Waals surface area contributed by atoms with E-state index in [9.17, 15) is 0 Å². The van der Waals surface area contributed by atoms with E-state index in [1.165, 1.54) is 0 Å². The Morgan fingerprint density at radius 1 is 1.32 bits per heavy atom. The summed E-state index contributed by atoms with van der Waals surface area (Å²) in [5.41, 5.74) is 6.59. The van der Waals surface area contributed by atoms with Crippen molar-refractivity contribution in [3.05, 3.63) is 18.0 Å². The normalized spacial score (nSPS) is 17.5. The molecule has 2 heterocycles. The van der Waals surface area contributed by atoms with Gasteiger partial charge in [0.05, 0.1) is 10.5 Å². The van der Waals surface area contributed by atoms with E-state index in [4.69, 9.17) is 18.0 Å². The van der Waals surface area contributed by atoms with Gasteiger partial charge in [-0.05, 0) is 26.8 Å². The average molecular weight is 279 g/mol. The van der Waals surface area contributed by atoms with Crippen LogP contribution in [0.5, 0.6) is 0 Å². The van der Waals surface area contributed by atoms with E-state index in [1.54, 1.807) is 0 Å². The van der Waals surface area contributed by atoms with Gasteiger partial charge < -0.3 is 10.6 Å². The molecule has 1 fully saturated rings. The molecule has 6 heteroatoms. The third-order valence-electron chi connectivity index (χ3n) is 3.74. The van der Waals surface area contributed by atoms with Gasteiger partial charge in [-0.2, -0.15) is 0 Å². The van der Waals surface area contributed by atoms with Crippen LogP contribution in [0.25, 0.3) is 0 Å². The summed E-state index contributed by atoms with van der Waals surface area (Å²) in [6.45, 7) is 9.77. The molecule has 0 unspecified atom stereocenters. The van der Waals surface area contributed by atoms with Gasteiger partial charge in [0.1, 0.15) is 0 Å². The first-order valence-electron chi connectivity index (χ1n) is 6.51. The molecule has 1 aliphatic heterocycles. The van der Waals surface area contributed by atoms with Crippen LogP contribution >= 0.6 is 12.2 Å². The zero-order chi connectivity index (χ0) is 14.0. The molecule has 1 saturated heterocycles. The molecule has 2 N–H and O–H groups in total. The molecule has 5 nitrogen and oxygen atoms in total. The van der Waals surface area contributed by atoms with E-state index in [-0.39, 0.29) is 5.54 Å². The van der Waals surface area contributed by atoms with E-state index >= 15 is 0 Å². The number of nitrogens with zero attached hydrogens (tertiary/aromatic N) is 4. The number of rotatable bonds is 3. The Bertz CT molecular complexity index is 466. The van der Waals surface area contributed by atoms with Crippen LogP contribution < -0.4 is 10.6 Å². The van der Waals surface area contributed by atoms with Gasteiger partial charge in [-0.25, -0.2) is 9.97 Å². The van der Waals surface area contributed by atoms with Crippen LogP contribution in [0.2, 0.25) is 0 Å². The molecule has 2 rings (SSSR count). The topological polar surface area (TPSA) is 58.3 Å². The van der Waals surface area contributed by atoms with Gasteiger partial charge in [0, 0.05) is 38.1 Å². The molecular formula is C13H21N5S. The van der Waals surface area contributed by atoms with E-state index in [0.29, 0.717) is 4.99 Å². The van der Waals surface area contributed by atoms with Crippen molar-refractivity contribution in [3.63, 3.8) is 0 Å². The monoisotopic (exact) mass is 279 g/mol. The summed E-state index contributed by atoms with van der Waals surface area (Å²) in [4.78, 5) is 13.9. The minimum atomic E-state index is -0.227. The van der Waals surface area contributed by atoms with Crippen molar-refractivity contribution in [2.45, 2.75) is 26.3 Å². The molecule has 0 radical (unpaired) electrons. The Labute approximate surface area is 119 Å². The second-order valence-corrected chi connectivity index (χ2v) is 5.84. The number of thiocarbonyl (C=S) groups is 1. The number of nitrogens with two attached hydrogens (primary N) is 1. The van der Waals surface area contributed by atoms with Gasteiger partial charge in [0.15, 0.2) is 0 Å². The third-order valence-corrected chi connectivity index (χ3v) is 4.24. The Hall–Kier alpha value is -1.27. The van der Waals surface area contributed by atoms with Crippen molar-refractivity contribution >= 4 is 23.2 Å². The molecule has 0 bridgehead atoms. The van der Waals surface area contributed by atoms with Crippen molar-refractivity contribution < 1.29 is 0 Å². The maximum atomic E-state index is 5.82. The number of aromatic nitrogens is 2. The summed E-state index contributed by atoms with van der Waals surface area (Å²) >= 11 is 5.15. The molecule has 19 heavy (non-hydrogen) atoms. The number of piperazine rings is 1. The predicted octanol–water partition coefficient (Wildman–Crippen LogP) is 0.972. The van der Waals surface area contributed by atoms with Crippen LogP contribution in [0, 0.1) is 6.92 Å². The zero-order valence-corrected chi connectivity index (χ0v) is 12.6. The SMILES string of the molecule is Cc1ccnc(N2CCN(C(C)(C)C(N)=S)CC2)n1. The smallest absolute Gasteiger partial charge is 0.225 e. The lowest BCUT2D eigenvalue weighted by atomic mass is 10.0. The van der Waals surface area contributed by atoms with Crippen LogP contribution in [-0.2, 0) is 0 Å². The number of aryl methyl sites for hydroxylation is 1. The fraction of sp³-hybridized carbons (Fsp3) is 0.615. The maximum absolute atomic E-state index is 5.82. The highest BCUT2D eigenvalue weighted by molar-refractivity contribution is 7.80. The molecule has 1 aliphatic rings. The van der Waals surface area contributed by atoms with E-state index in [0.717, 1.165) is 37.8 Å². The molecular weight excluding hydrogens is 258 g/mol. The lowest BCUT2D eigenvalue weighted by Crippen LogP contribution is -2.59. The van der Waals surface area contributed by atoms with Gasteiger partial charge >= 0.3 is 0 Å². The Morgan fingerprint density at radius 2 is 1.95 bits per heavy atom. The third kappa shape index (κ3) is 3.01. The van der Waals surface area contributed by atoms with Crippen LogP contribution in [0.15, 0.2) is 12.3 Å². The lowest BCUT2D eigenvalue weighted by molar-refractivity contribution is 0.167. The standard InChI is InChI=1S/C13H21N5S/c1-10-4-5-15-12(16-10)17-6-8-18(9-7-17)13(2,3)11(14)19/h4-5H,6-9H2,1-3H3,(H2,14,19). The minimum Gasteiger partial charge on any atom is -0.392 e. The molecule has 0 aromatic carbocycles. The predicted molar refractivity (Wildman–Crippen MR) is 81.4 cm³/mol. The van der Waals surface area contributed by atoms with Gasteiger partial charge in [-0.3, -0.25) is 4.90 Å². The van der Waals surface area contributed by atoms with Crippen LogP contribution in [0.4, 0.5) is 5.95 Å². The first-order chi connectivity index (χ1) is 8.91. The van der Waals surface area contributed by atoms with E-state index in [2.05, 4.69) is 33.6 Å². The fourth-order valence-electron chi connectivity index (χ4n) is 2.21. The van der Waals surface area contributed by atoms with Gasteiger partial charge in [0.2, 0.25) is 5.95 Å². The van der Waals surface area contributed by atoms with Crippen molar-refractivity contribution in [1.82, 2.24) is 14.9 Å². The molecule has 1 aromatic rings. The van der Waals surface area contributed by atoms with Crippen LogP contribution in [-0.4, -0.2) is 51.6 Å². The summed E-state index contributed by atoms with van der Waals surface area (Å²) in [6.07, 6.45) is 1.81. The highest BCUT2D eigenvalue weighted by Gasteiger charge is 2.32. The zero-order valence-electron chi connectivity index (χ0n) is 11.8. The van der Waals surface area contributed by atoms with Gasteiger partial charge in [-0.1, -0.05) is 12.2 Å². The fourth-order valence-corrected chi connectivity index (χ4v) is 2.34. The summed E-state index contributed by atoms with van der Waals surface area (Å²) in [5, 5.41) is 0. The Kier molecular flexibility index (Phi) is 4.01. The van der Waals surface area contributed by atoms with Crippen LogP contribution in [0.3, 0.4) is 0 Å². The maximum Gasteiger partial charge on any atom is 0.225 e. The summed E-state index contributed by atoms with van der Waals surface area (Å²) in [5.74, 6) is 0.813. The number of hydrogen-bond acceptors (Lipinski definition) is 5. The lowest BCUT2D eigenvalue weighted by Gasteiger charge is -2.43. The summed E-state index contributed by atoms with van der Waals surface area (Å²) in [6, 6.07) is 1.91. The largest absolute Gasteiger partial charge is 0.392 e. The molecule has 1 aromatic heterocycles. The highest BCUT2D eigenvalue weighted by atomic mass is 32.1. The quantitative estimate of drug-likeness (QED) is 0.832. The minimum absolute atomic E-state index is 0.227. The average Bonchev–Trinajstić information content (AvgIpc) is 2.38. The Morgan fingerprint density at radius 3 is 2.47 bits per heavy atom. The molecule has 0 spiro atoms. The van der Waals surface area contributed by atoms with Crippen molar-refractivity contribution in [1.29, 1.82) is 0 Å². The van der Waals surface area contributed by atoms with Crippen LogP contribution in [0.1, 0.15) is 19.5 Å². The van der Waals surface area contributed by atoms with E-state index in [1.807, 2.05) is 19.2 Å². The van der Waals surface area contributed by atoms with Crippen molar-refractivity contribution in [2.75, 3.05) is 31.1 Å². The second-order valence-electron chi connectivity index (χ2n) is 5.40. The molecule has 0 atom stereocenters. The van der Waals surface area contributed by atoms with Gasteiger partial charge in [-0.15, -0.1) is 0 Å². The Balaban J connectivity index is 2.02. The first-order valence-corrected chi connectivity index (χ1v) is 6.91. The molecule has 104 valence electrons. The van der Waals surface area contributed by atoms with Crippen molar-refractivity contribution in [2.24, 2.45) is 5.73 Å². The number of anilines is 1. The summed E-state index contributed by atoms with van der Waals surface area (Å²) < 4.78 is 0. The highest BCUT2D eigenvalue weighted by Crippen LogP contribution is 2.19. The number of hydrogen-bond donors (Lipinski definition) is 1. The molecule has 0 saturated carbocycles. The van der Waals surface area contributed by atoms with Crippen molar-refractivity contribution in [3.8, 4) is 0 Å². The van der Waals surface area contributed by atoms with Gasteiger partial charge in [0.25, 0.3) is 0 Å².